The number of allylic oxidation sites excluding steroid dienone is 2. The third-order valence-electron chi connectivity index (χ3n) is 4.49. The molecule has 108 valence electrons. The van der Waals surface area contributed by atoms with E-state index >= 15 is 0 Å². The van der Waals surface area contributed by atoms with Crippen molar-refractivity contribution >= 4 is 5.91 Å². The third kappa shape index (κ3) is 2.85. The zero-order chi connectivity index (χ0) is 14.8. The summed E-state index contributed by atoms with van der Waals surface area (Å²) in [6.07, 6.45) is 12.0. The molecule has 0 unspecified atom stereocenters. The highest BCUT2D eigenvalue weighted by Crippen LogP contribution is 2.44. The van der Waals surface area contributed by atoms with Crippen LogP contribution in [-0.2, 0) is 11.3 Å². The van der Waals surface area contributed by atoms with Gasteiger partial charge in [-0.1, -0.05) is 24.1 Å². The maximum atomic E-state index is 12.8. The van der Waals surface area contributed by atoms with E-state index in [1.807, 2.05) is 25.1 Å². The Balaban J connectivity index is 1.74. The Morgan fingerprint density at radius 3 is 2.90 bits per heavy atom. The molecule has 0 saturated heterocycles. The van der Waals surface area contributed by atoms with Crippen LogP contribution in [0.15, 0.2) is 30.4 Å². The predicted molar refractivity (Wildman–Crippen MR) is 82.1 cm³/mol. The number of terminal acetylenes is 1. The average Bonchev–Trinajstić information content (AvgIpc) is 3.09. The second kappa shape index (κ2) is 5.73. The first kappa shape index (κ1) is 13.9. The van der Waals surface area contributed by atoms with Crippen LogP contribution in [0.4, 0.5) is 0 Å². The number of aromatic nitrogens is 1. The molecule has 3 rings (SSSR count). The van der Waals surface area contributed by atoms with Gasteiger partial charge in [-0.05, 0) is 43.7 Å². The molecule has 3 nitrogen and oxygen atoms in total. The lowest BCUT2D eigenvalue weighted by atomic mass is 9.92. The van der Waals surface area contributed by atoms with Crippen molar-refractivity contribution < 1.29 is 4.79 Å². The zero-order valence-electron chi connectivity index (χ0n) is 12.3. The Morgan fingerprint density at radius 1 is 1.43 bits per heavy atom. The van der Waals surface area contributed by atoms with Crippen molar-refractivity contribution in [1.29, 1.82) is 0 Å². The SMILES string of the molecule is C#CCN(Cc1cccc(C)n1)C(=O)[C@H]1C[C@H]2C=C[C@H]1C2. The molecule has 3 heteroatoms. The summed E-state index contributed by atoms with van der Waals surface area (Å²) >= 11 is 0. The number of rotatable bonds is 4. The maximum Gasteiger partial charge on any atom is 0.227 e. The van der Waals surface area contributed by atoms with Gasteiger partial charge in [0.05, 0.1) is 18.8 Å². The summed E-state index contributed by atoms with van der Waals surface area (Å²) in [5.74, 6) is 3.91. The minimum absolute atomic E-state index is 0.109. The van der Waals surface area contributed by atoms with Crippen LogP contribution in [-0.4, -0.2) is 22.3 Å². The number of carbonyl (C=O) groups excluding carboxylic acids is 1. The third-order valence-corrected chi connectivity index (χ3v) is 4.49. The van der Waals surface area contributed by atoms with Crippen molar-refractivity contribution in [1.82, 2.24) is 9.88 Å². The molecule has 1 fully saturated rings. The molecule has 1 aromatic rings. The van der Waals surface area contributed by atoms with Gasteiger partial charge in [-0.2, -0.15) is 0 Å². The van der Waals surface area contributed by atoms with E-state index < -0.39 is 0 Å². The number of amides is 1. The monoisotopic (exact) mass is 280 g/mol. The molecule has 2 bridgehead atoms. The molecule has 1 aromatic heterocycles. The molecule has 0 spiro atoms. The summed E-state index contributed by atoms with van der Waals surface area (Å²) in [6.45, 7) is 2.81. The van der Waals surface area contributed by atoms with Gasteiger partial charge in [0, 0.05) is 11.6 Å². The van der Waals surface area contributed by atoms with Crippen LogP contribution in [0.2, 0.25) is 0 Å². The number of hydrogen-bond donors (Lipinski definition) is 0. The summed E-state index contributed by atoms with van der Waals surface area (Å²) in [5, 5.41) is 0. The van der Waals surface area contributed by atoms with E-state index in [9.17, 15) is 4.79 Å². The van der Waals surface area contributed by atoms with Crippen molar-refractivity contribution in [3.05, 3.63) is 41.7 Å². The summed E-state index contributed by atoms with van der Waals surface area (Å²) in [6, 6.07) is 5.87. The molecule has 0 aliphatic heterocycles. The maximum absolute atomic E-state index is 12.8. The van der Waals surface area contributed by atoms with Crippen molar-refractivity contribution in [2.24, 2.45) is 17.8 Å². The first-order valence-electron chi connectivity index (χ1n) is 7.50. The lowest BCUT2D eigenvalue weighted by molar-refractivity contribution is -0.136. The van der Waals surface area contributed by atoms with Crippen LogP contribution in [0.25, 0.3) is 0 Å². The van der Waals surface area contributed by atoms with Crippen molar-refractivity contribution in [3.63, 3.8) is 0 Å². The van der Waals surface area contributed by atoms with Gasteiger partial charge in [-0.15, -0.1) is 6.42 Å². The highest BCUT2D eigenvalue weighted by Gasteiger charge is 2.41. The fourth-order valence-electron chi connectivity index (χ4n) is 3.50. The molecule has 1 heterocycles. The van der Waals surface area contributed by atoms with E-state index in [1.165, 1.54) is 0 Å². The fourth-order valence-corrected chi connectivity index (χ4v) is 3.50. The van der Waals surface area contributed by atoms with Crippen molar-refractivity contribution in [2.45, 2.75) is 26.3 Å². The van der Waals surface area contributed by atoms with E-state index in [1.54, 1.807) is 4.90 Å². The lowest BCUT2D eigenvalue weighted by Gasteiger charge is -2.26. The Bertz CT molecular complexity index is 614. The zero-order valence-corrected chi connectivity index (χ0v) is 12.3. The Hall–Kier alpha value is -2.08. The molecule has 21 heavy (non-hydrogen) atoms. The topological polar surface area (TPSA) is 33.2 Å². The predicted octanol–water partition coefficient (Wildman–Crippen LogP) is 2.56. The molecule has 3 atom stereocenters. The largest absolute Gasteiger partial charge is 0.325 e. The second-order valence-corrected chi connectivity index (χ2v) is 6.06. The number of hydrogen-bond acceptors (Lipinski definition) is 2. The van der Waals surface area contributed by atoms with E-state index in [-0.39, 0.29) is 11.8 Å². The molecular formula is C18H20N2O. The quantitative estimate of drug-likeness (QED) is 0.627. The van der Waals surface area contributed by atoms with E-state index in [0.717, 1.165) is 24.2 Å². The smallest absolute Gasteiger partial charge is 0.227 e. The van der Waals surface area contributed by atoms with Crippen LogP contribution >= 0.6 is 0 Å². The number of aryl methyl sites for hydroxylation is 1. The van der Waals surface area contributed by atoms with Gasteiger partial charge in [0.25, 0.3) is 0 Å². The average molecular weight is 280 g/mol. The van der Waals surface area contributed by atoms with Crippen LogP contribution in [0.5, 0.6) is 0 Å². The molecule has 0 aromatic carbocycles. The van der Waals surface area contributed by atoms with Gasteiger partial charge in [-0.25, -0.2) is 0 Å². The van der Waals surface area contributed by atoms with E-state index in [2.05, 4.69) is 23.1 Å². The summed E-state index contributed by atoms with van der Waals surface area (Å²) in [5.41, 5.74) is 1.86. The van der Waals surface area contributed by atoms with Crippen LogP contribution in [0.1, 0.15) is 24.2 Å². The number of fused-ring (bicyclic) bond motifs is 2. The normalized spacial score (nSPS) is 25.8. The Kier molecular flexibility index (Phi) is 3.79. The van der Waals surface area contributed by atoms with Crippen LogP contribution in [0.3, 0.4) is 0 Å². The standard InChI is InChI=1S/C18H20N2O/c1-3-9-20(12-16-6-4-5-13(2)19-16)18(21)17-11-14-7-8-15(17)10-14/h1,4-8,14-15,17H,9-12H2,2H3/t14-,15-,17-/m0/s1. The number of nitrogens with zero attached hydrogens (tertiary/aromatic N) is 2. The van der Waals surface area contributed by atoms with Crippen molar-refractivity contribution in [3.8, 4) is 12.3 Å². The van der Waals surface area contributed by atoms with Gasteiger partial charge < -0.3 is 4.90 Å². The highest BCUT2D eigenvalue weighted by molar-refractivity contribution is 5.80. The van der Waals surface area contributed by atoms with Gasteiger partial charge >= 0.3 is 0 Å². The highest BCUT2D eigenvalue weighted by atomic mass is 16.2. The molecule has 1 saturated carbocycles. The van der Waals surface area contributed by atoms with E-state index in [0.29, 0.717) is 24.9 Å². The molecule has 1 amide bonds. The molecule has 0 radical (unpaired) electrons. The molecular weight excluding hydrogens is 260 g/mol. The van der Waals surface area contributed by atoms with Gasteiger partial charge in [0.1, 0.15) is 0 Å². The molecule has 2 aliphatic rings. The minimum atomic E-state index is 0.109. The summed E-state index contributed by atoms with van der Waals surface area (Å²) in [7, 11) is 0. The second-order valence-electron chi connectivity index (χ2n) is 6.06. The summed E-state index contributed by atoms with van der Waals surface area (Å²) < 4.78 is 0. The van der Waals surface area contributed by atoms with Crippen LogP contribution in [0, 0.1) is 37.0 Å². The van der Waals surface area contributed by atoms with E-state index in [4.69, 9.17) is 6.42 Å². The lowest BCUT2D eigenvalue weighted by Crippen LogP contribution is -2.37. The molecule has 0 N–H and O–H groups in total. The van der Waals surface area contributed by atoms with Gasteiger partial charge in [0.15, 0.2) is 0 Å². The first-order chi connectivity index (χ1) is 10.2. The Morgan fingerprint density at radius 2 is 2.29 bits per heavy atom. The minimum Gasteiger partial charge on any atom is -0.325 e. The van der Waals surface area contributed by atoms with Gasteiger partial charge in [0.2, 0.25) is 5.91 Å². The Labute approximate surface area is 126 Å². The number of pyridine rings is 1. The molecule has 2 aliphatic carbocycles. The summed E-state index contributed by atoms with van der Waals surface area (Å²) in [4.78, 5) is 19.0. The number of carbonyl (C=O) groups is 1. The van der Waals surface area contributed by atoms with Crippen molar-refractivity contribution in [2.75, 3.05) is 6.54 Å². The van der Waals surface area contributed by atoms with Gasteiger partial charge in [-0.3, -0.25) is 9.78 Å². The van der Waals surface area contributed by atoms with Crippen LogP contribution < -0.4 is 0 Å². The first-order valence-corrected chi connectivity index (χ1v) is 7.50. The fraction of sp³-hybridized carbons (Fsp3) is 0.444.